The second kappa shape index (κ2) is 10.0. The van der Waals surface area contributed by atoms with Crippen molar-refractivity contribution in [3.63, 3.8) is 0 Å². The maximum absolute atomic E-state index is 13.0. The predicted octanol–water partition coefficient (Wildman–Crippen LogP) is 3.65. The van der Waals surface area contributed by atoms with E-state index in [2.05, 4.69) is 5.32 Å². The molecule has 1 saturated heterocycles. The van der Waals surface area contributed by atoms with Crippen LogP contribution in [0.4, 0.5) is 4.79 Å². The van der Waals surface area contributed by atoms with E-state index >= 15 is 0 Å². The topological polar surface area (TPSA) is 111 Å². The van der Waals surface area contributed by atoms with Gasteiger partial charge in [-0.1, -0.05) is 0 Å². The number of methoxy groups -OCH3 is 1. The summed E-state index contributed by atoms with van der Waals surface area (Å²) < 4.78 is 22.0. The van der Waals surface area contributed by atoms with Crippen molar-refractivity contribution in [2.45, 2.75) is 39.2 Å². The van der Waals surface area contributed by atoms with E-state index in [1.165, 1.54) is 6.07 Å². The highest BCUT2D eigenvalue weighted by atomic mass is 16.6. The van der Waals surface area contributed by atoms with Gasteiger partial charge in [-0.25, -0.2) is 4.79 Å². The number of carbonyl (C=O) groups excluding carboxylic acids is 2. The molecule has 1 aliphatic heterocycles. The first kappa shape index (κ1) is 23.4. The van der Waals surface area contributed by atoms with Gasteiger partial charge in [0.15, 0.2) is 5.58 Å². The molecular weight excluding hydrogens is 440 g/mol. The number of carbonyl (C=O) groups is 2. The van der Waals surface area contributed by atoms with Crippen LogP contribution in [0.3, 0.4) is 0 Å². The Hall–Kier alpha value is -3.75. The van der Waals surface area contributed by atoms with Crippen LogP contribution in [-0.2, 0) is 16.0 Å². The van der Waals surface area contributed by atoms with Gasteiger partial charge in [0.1, 0.15) is 17.3 Å². The number of fused-ring (bicyclic) bond motifs is 1. The van der Waals surface area contributed by atoms with Crippen LogP contribution in [0.5, 0.6) is 5.75 Å². The normalized spacial score (nSPS) is 14.3. The van der Waals surface area contributed by atoms with Gasteiger partial charge in [0.25, 0.3) is 0 Å². The first-order valence-corrected chi connectivity index (χ1v) is 11.3. The number of amides is 2. The average Bonchev–Trinajstić information content (AvgIpc) is 3.18. The van der Waals surface area contributed by atoms with Crippen LogP contribution in [0.15, 0.2) is 44.0 Å². The summed E-state index contributed by atoms with van der Waals surface area (Å²) in [6, 6.07) is 8.48. The molecule has 4 rings (SSSR count). The molecule has 3 heterocycles. The van der Waals surface area contributed by atoms with Gasteiger partial charge in [-0.05, 0) is 51.0 Å². The average molecular weight is 469 g/mol. The molecule has 3 aromatic rings. The second-order valence-corrected chi connectivity index (χ2v) is 8.22. The van der Waals surface area contributed by atoms with Crippen molar-refractivity contribution in [2.75, 3.05) is 26.8 Å². The van der Waals surface area contributed by atoms with E-state index in [1.807, 2.05) is 0 Å². The summed E-state index contributed by atoms with van der Waals surface area (Å²) in [6.45, 7) is 4.82. The molecule has 9 heteroatoms. The number of furan rings is 1. The van der Waals surface area contributed by atoms with Crippen molar-refractivity contribution in [1.29, 1.82) is 0 Å². The Balaban J connectivity index is 1.55. The summed E-state index contributed by atoms with van der Waals surface area (Å²) in [4.78, 5) is 39.1. The third-order valence-corrected chi connectivity index (χ3v) is 5.86. The van der Waals surface area contributed by atoms with Crippen LogP contribution in [-0.4, -0.2) is 49.7 Å². The van der Waals surface area contributed by atoms with Crippen LogP contribution in [0.25, 0.3) is 22.5 Å². The minimum atomic E-state index is -0.327. The summed E-state index contributed by atoms with van der Waals surface area (Å²) in [5, 5.41) is 3.04. The molecule has 0 saturated carbocycles. The zero-order valence-electron chi connectivity index (χ0n) is 19.5. The molecule has 1 N–H and O–H groups in total. The number of rotatable bonds is 6. The molecule has 2 aromatic heterocycles. The van der Waals surface area contributed by atoms with Crippen LogP contribution < -0.4 is 15.5 Å². The number of likely N-dealkylation sites (tertiary alicyclic amines) is 1. The summed E-state index contributed by atoms with van der Waals surface area (Å²) in [7, 11) is 1.58. The lowest BCUT2D eigenvalue weighted by Crippen LogP contribution is -2.47. The van der Waals surface area contributed by atoms with E-state index in [1.54, 1.807) is 50.1 Å². The molecule has 1 fully saturated rings. The molecule has 0 unspecified atom stereocenters. The molecule has 0 radical (unpaired) electrons. The Morgan fingerprint density at radius 3 is 2.47 bits per heavy atom. The Morgan fingerprint density at radius 2 is 1.82 bits per heavy atom. The highest BCUT2D eigenvalue weighted by Crippen LogP contribution is 2.34. The Morgan fingerprint density at radius 1 is 1.12 bits per heavy atom. The van der Waals surface area contributed by atoms with Gasteiger partial charge < -0.3 is 28.5 Å². The molecule has 180 valence electrons. The monoisotopic (exact) mass is 468 g/mol. The van der Waals surface area contributed by atoms with Crippen LogP contribution in [0.1, 0.15) is 31.1 Å². The Labute approximate surface area is 196 Å². The Kier molecular flexibility index (Phi) is 6.90. The minimum Gasteiger partial charge on any atom is -0.497 e. The summed E-state index contributed by atoms with van der Waals surface area (Å²) in [6.07, 6.45) is 0.928. The van der Waals surface area contributed by atoms with Gasteiger partial charge in [-0.15, -0.1) is 0 Å². The molecular formula is C25H28N2O7. The SMILES string of the molecule is CCOC(=O)N1CCC(NC(=O)Cc2c(-c3ccc(OC)cc3)oc3c(=O)cc(C)oc23)CC1. The van der Waals surface area contributed by atoms with E-state index in [4.69, 9.17) is 18.3 Å². The molecule has 0 aliphatic carbocycles. The minimum absolute atomic E-state index is 0.0150. The molecule has 0 atom stereocenters. The Bertz CT molecular complexity index is 1230. The summed E-state index contributed by atoms with van der Waals surface area (Å²) in [5.41, 5.74) is 1.29. The first-order chi connectivity index (χ1) is 16.4. The van der Waals surface area contributed by atoms with Crippen molar-refractivity contribution in [1.82, 2.24) is 10.2 Å². The molecule has 34 heavy (non-hydrogen) atoms. The predicted molar refractivity (Wildman–Crippen MR) is 125 cm³/mol. The standard InChI is InChI=1S/C25H28N2O7/c1-4-32-25(30)27-11-9-17(10-12-27)26-21(29)14-19-22(16-5-7-18(31-3)8-6-16)34-24-20(28)13-15(2)33-23(19)24/h5-8,13,17H,4,9-12,14H2,1-3H3,(H,26,29). The third-order valence-electron chi connectivity index (χ3n) is 5.86. The van der Waals surface area contributed by atoms with Gasteiger partial charge in [0.05, 0.1) is 25.7 Å². The fourth-order valence-corrected chi connectivity index (χ4v) is 4.16. The summed E-state index contributed by atoms with van der Waals surface area (Å²) in [5.74, 6) is 1.32. The highest BCUT2D eigenvalue weighted by molar-refractivity contribution is 5.90. The van der Waals surface area contributed by atoms with Crippen molar-refractivity contribution in [3.05, 3.63) is 51.9 Å². The van der Waals surface area contributed by atoms with Crippen LogP contribution in [0, 0.1) is 6.92 Å². The third kappa shape index (κ3) is 4.93. The number of benzene rings is 1. The molecule has 2 amide bonds. The zero-order chi connectivity index (χ0) is 24.2. The van der Waals surface area contributed by atoms with Gasteiger partial charge in [-0.3, -0.25) is 9.59 Å². The number of hydrogen-bond acceptors (Lipinski definition) is 7. The van der Waals surface area contributed by atoms with Crippen LogP contribution in [0.2, 0.25) is 0 Å². The lowest BCUT2D eigenvalue weighted by Gasteiger charge is -2.31. The quantitative estimate of drug-likeness (QED) is 0.588. The van der Waals surface area contributed by atoms with Crippen molar-refractivity contribution < 1.29 is 27.9 Å². The molecule has 0 bridgehead atoms. The smallest absolute Gasteiger partial charge is 0.409 e. The number of hydrogen-bond donors (Lipinski definition) is 1. The maximum atomic E-state index is 13.0. The fraction of sp³-hybridized carbons (Fsp3) is 0.400. The van der Waals surface area contributed by atoms with Gasteiger partial charge >= 0.3 is 6.09 Å². The van der Waals surface area contributed by atoms with Gasteiger partial charge in [0, 0.05) is 30.8 Å². The van der Waals surface area contributed by atoms with E-state index in [0.717, 1.165) is 0 Å². The molecule has 1 aromatic carbocycles. The number of aryl methyl sites for hydroxylation is 1. The number of nitrogens with one attached hydrogen (secondary N) is 1. The summed E-state index contributed by atoms with van der Waals surface area (Å²) >= 11 is 0. The second-order valence-electron chi connectivity index (χ2n) is 8.22. The van der Waals surface area contributed by atoms with E-state index in [9.17, 15) is 14.4 Å². The lowest BCUT2D eigenvalue weighted by molar-refractivity contribution is -0.121. The van der Waals surface area contributed by atoms with Gasteiger partial charge in [-0.2, -0.15) is 0 Å². The maximum Gasteiger partial charge on any atom is 0.409 e. The molecule has 0 spiro atoms. The fourth-order valence-electron chi connectivity index (χ4n) is 4.16. The largest absolute Gasteiger partial charge is 0.497 e. The lowest BCUT2D eigenvalue weighted by atomic mass is 10.0. The van der Waals surface area contributed by atoms with E-state index in [-0.39, 0.29) is 41.1 Å². The molecule has 1 aliphatic rings. The van der Waals surface area contributed by atoms with E-state index < -0.39 is 0 Å². The van der Waals surface area contributed by atoms with Crippen molar-refractivity contribution in [3.8, 4) is 17.1 Å². The zero-order valence-corrected chi connectivity index (χ0v) is 19.5. The van der Waals surface area contributed by atoms with Crippen LogP contribution >= 0.6 is 0 Å². The number of piperidine rings is 1. The van der Waals surface area contributed by atoms with Crippen molar-refractivity contribution >= 4 is 23.2 Å². The highest BCUT2D eigenvalue weighted by Gasteiger charge is 2.27. The van der Waals surface area contributed by atoms with Crippen molar-refractivity contribution in [2.24, 2.45) is 0 Å². The number of ether oxygens (including phenoxy) is 2. The molecule has 9 nitrogen and oxygen atoms in total. The first-order valence-electron chi connectivity index (χ1n) is 11.3. The van der Waals surface area contributed by atoms with E-state index in [0.29, 0.717) is 60.9 Å². The van der Waals surface area contributed by atoms with Gasteiger partial charge in [0.2, 0.25) is 16.9 Å². The number of nitrogens with zero attached hydrogens (tertiary/aromatic N) is 1.